The Morgan fingerprint density at radius 2 is 1.20 bits per heavy atom. The minimum absolute atomic E-state index is 0. The molecule has 48 valence electrons. The van der Waals surface area contributed by atoms with Gasteiger partial charge in [0.05, 0.1) is 0 Å². The standard InChI is InChI=1S/CH3O3S.CO2.2Na/c1-5(2,3)4;2-1-3;;/h1H2,(H,2,3,4);;;/q-1;;2*+1/p-1. The van der Waals surface area contributed by atoms with Crippen LogP contribution in [0.2, 0.25) is 0 Å². The molecule has 0 saturated carbocycles. The van der Waals surface area contributed by atoms with Crippen molar-refractivity contribution in [3.63, 3.8) is 0 Å². The molecule has 0 unspecified atom stereocenters. The van der Waals surface area contributed by atoms with Crippen molar-refractivity contribution >= 4 is 16.3 Å². The maximum atomic E-state index is 8.97. The molecular formula is C2H2Na2O5S. The Morgan fingerprint density at radius 1 is 1.20 bits per heavy atom. The van der Waals surface area contributed by atoms with E-state index in [0.717, 1.165) is 0 Å². The van der Waals surface area contributed by atoms with Crippen molar-refractivity contribution in [2.24, 2.45) is 0 Å². The smallest absolute Gasteiger partial charge is 0.774 e. The van der Waals surface area contributed by atoms with Gasteiger partial charge in [-0.05, 0) is 10.1 Å². The Kier molecular flexibility index (Phi) is 29.1. The van der Waals surface area contributed by atoms with Gasteiger partial charge in [-0.2, -0.15) is 9.59 Å². The fourth-order valence-corrected chi connectivity index (χ4v) is 0. The molecule has 0 N–H and O–H groups in total. The predicted octanol–water partition coefficient (Wildman–Crippen LogP) is -7.25. The summed E-state index contributed by atoms with van der Waals surface area (Å²) in [4.78, 5) is 16.2. The minimum atomic E-state index is -4.17. The molecule has 0 aromatic heterocycles. The molecule has 0 aromatic carbocycles. The molecule has 0 radical (unpaired) electrons. The Labute approximate surface area is 103 Å². The van der Waals surface area contributed by atoms with Gasteiger partial charge in [-0.25, -0.2) is 6.26 Å². The molecule has 0 bridgehead atoms. The van der Waals surface area contributed by atoms with E-state index in [1.807, 2.05) is 0 Å². The Bertz CT molecular complexity index is 158. The van der Waals surface area contributed by atoms with E-state index >= 15 is 0 Å². The van der Waals surface area contributed by atoms with Crippen LogP contribution in [0.25, 0.3) is 0 Å². The molecule has 0 aliphatic heterocycles. The van der Waals surface area contributed by atoms with Crippen molar-refractivity contribution in [3.8, 4) is 0 Å². The molecule has 8 heteroatoms. The van der Waals surface area contributed by atoms with Crippen LogP contribution in [0.4, 0.5) is 0 Å². The van der Waals surface area contributed by atoms with Gasteiger partial charge in [0.25, 0.3) is 0 Å². The van der Waals surface area contributed by atoms with E-state index in [9.17, 15) is 0 Å². The summed E-state index contributed by atoms with van der Waals surface area (Å²) >= 11 is 0. The van der Waals surface area contributed by atoms with Crippen LogP contribution in [0.3, 0.4) is 0 Å². The molecule has 0 amide bonds. The average molecular weight is 184 g/mol. The maximum absolute atomic E-state index is 8.97. The van der Waals surface area contributed by atoms with E-state index in [4.69, 9.17) is 22.6 Å². The number of carbonyl (C=O) groups excluding carboxylic acids is 2. The zero-order valence-electron chi connectivity index (χ0n) is 5.66. The first-order chi connectivity index (χ1) is 3.41. The van der Waals surface area contributed by atoms with Crippen LogP contribution in [-0.2, 0) is 19.7 Å². The van der Waals surface area contributed by atoms with Gasteiger partial charge in [0.15, 0.2) is 0 Å². The second-order valence-corrected chi connectivity index (χ2v) is 1.76. The molecule has 0 aromatic rings. The van der Waals surface area contributed by atoms with E-state index in [0.29, 0.717) is 0 Å². The summed E-state index contributed by atoms with van der Waals surface area (Å²) in [6.45, 7) is 0. The number of hydrogen-bond donors (Lipinski definition) is 0. The van der Waals surface area contributed by atoms with Crippen molar-refractivity contribution in [2.75, 3.05) is 0 Å². The summed E-state index contributed by atoms with van der Waals surface area (Å²) in [6.07, 6.45) is 2.44. The monoisotopic (exact) mass is 184 g/mol. The SMILES string of the molecule is O=C=O.[CH2-]S(=O)(=O)[O-].[Na+].[Na+]. The first-order valence-electron chi connectivity index (χ1n) is 1.20. The van der Waals surface area contributed by atoms with Crippen LogP contribution < -0.4 is 59.1 Å². The van der Waals surface area contributed by atoms with Gasteiger partial charge in [-0.1, -0.05) is 0 Å². The zero-order chi connectivity index (χ0) is 7.21. The topological polar surface area (TPSA) is 91.3 Å². The Morgan fingerprint density at radius 3 is 1.20 bits per heavy atom. The molecule has 0 aliphatic carbocycles. The molecular weight excluding hydrogens is 182 g/mol. The Balaban J connectivity index is -0.0000000326. The summed E-state index contributed by atoms with van der Waals surface area (Å²) < 4.78 is 26.9. The van der Waals surface area contributed by atoms with Gasteiger partial charge in [-0.15, -0.1) is 0 Å². The van der Waals surface area contributed by atoms with Crippen LogP contribution >= 0.6 is 0 Å². The van der Waals surface area contributed by atoms with Crippen molar-refractivity contribution in [1.29, 1.82) is 0 Å². The third-order valence-corrected chi connectivity index (χ3v) is 0. The van der Waals surface area contributed by atoms with Gasteiger partial charge in [0, 0.05) is 0 Å². The summed E-state index contributed by atoms with van der Waals surface area (Å²) in [5.74, 6) is 0. The fourth-order valence-electron chi connectivity index (χ4n) is 0. The summed E-state index contributed by atoms with van der Waals surface area (Å²) in [5, 5.41) is 0. The second kappa shape index (κ2) is 12.9. The second-order valence-electron chi connectivity index (χ2n) is 0.641. The molecule has 0 fully saturated rings. The molecule has 0 saturated heterocycles. The first-order valence-corrected chi connectivity index (χ1v) is 2.77. The van der Waals surface area contributed by atoms with Crippen LogP contribution in [-0.4, -0.2) is 19.1 Å². The van der Waals surface area contributed by atoms with Gasteiger partial charge in [0.2, 0.25) is 0 Å². The Hall–Kier alpha value is 1.29. The largest absolute Gasteiger partial charge is 1.00 e. The summed E-state index contributed by atoms with van der Waals surface area (Å²) in [5.41, 5.74) is 0. The zero-order valence-corrected chi connectivity index (χ0v) is 10.5. The van der Waals surface area contributed by atoms with Crippen LogP contribution in [0.1, 0.15) is 0 Å². The number of hydrogen-bond acceptors (Lipinski definition) is 5. The third-order valence-electron chi connectivity index (χ3n) is 0. The summed E-state index contributed by atoms with van der Waals surface area (Å²) in [6, 6.07) is 0. The maximum Gasteiger partial charge on any atom is 1.00 e. The van der Waals surface area contributed by atoms with Crippen molar-refractivity contribution in [1.82, 2.24) is 0 Å². The van der Waals surface area contributed by atoms with Gasteiger partial charge in [0.1, 0.15) is 0 Å². The number of rotatable bonds is 0. The fraction of sp³-hybridized carbons (Fsp3) is 0. The van der Waals surface area contributed by atoms with E-state index < -0.39 is 10.1 Å². The van der Waals surface area contributed by atoms with E-state index in [2.05, 4.69) is 6.26 Å². The molecule has 0 rings (SSSR count). The summed E-state index contributed by atoms with van der Waals surface area (Å²) in [7, 11) is -4.17. The molecule has 0 spiro atoms. The minimum Gasteiger partial charge on any atom is -0.774 e. The van der Waals surface area contributed by atoms with Gasteiger partial charge >= 0.3 is 65.3 Å². The predicted molar refractivity (Wildman–Crippen MR) is 20.1 cm³/mol. The molecule has 0 atom stereocenters. The van der Waals surface area contributed by atoms with Crippen molar-refractivity contribution < 1.29 is 81.7 Å². The van der Waals surface area contributed by atoms with Crippen molar-refractivity contribution in [3.05, 3.63) is 6.26 Å². The van der Waals surface area contributed by atoms with E-state index in [1.54, 1.807) is 0 Å². The first kappa shape index (κ1) is 22.5. The van der Waals surface area contributed by atoms with E-state index in [1.165, 1.54) is 0 Å². The van der Waals surface area contributed by atoms with Gasteiger partial charge in [-0.3, -0.25) is 8.42 Å². The van der Waals surface area contributed by atoms with Gasteiger partial charge < -0.3 is 4.55 Å². The van der Waals surface area contributed by atoms with Crippen molar-refractivity contribution in [2.45, 2.75) is 0 Å². The molecule has 5 nitrogen and oxygen atoms in total. The molecule has 10 heavy (non-hydrogen) atoms. The van der Waals surface area contributed by atoms with Crippen LogP contribution in [0.15, 0.2) is 0 Å². The normalized spacial score (nSPS) is 6.60. The molecule has 0 aliphatic rings. The third kappa shape index (κ3) is 384. The van der Waals surface area contributed by atoms with Crippen LogP contribution in [0.5, 0.6) is 0 Å². The molecule has 0 heterocycles. The average Bonchev–Trinajstić information content (AvgIpc) is 1.27. The quantitative estimate of drug-likeness (QED) is 0.212. The van der Waals surface area contributed by atoms with Crippen LogP contribution in [0, 0.1) is 6.26 Å². The van der Waals surface area contributed by atoms with E-state index in [-0.39, 0.29) is 65.3 Å².